The fourth-order valence-corrected chi connectivity index (χ4v) is 1.58. The number of hydrogen-bond donors (Lipinski definition) is 0. The van der Waals surface area contributed by atoms with Crippen LogP contribution in [0.3, 0.4) is 0 Å². The van der Waals surface area contributed by atoms with Crippen LogP contribution in [-0.2, 0) is 5.88 Å². The molecule has 1 aromatic heterocycles. The smallest absolute Gasteiger partial charge is 0.181 e. The summed E-state index contributed by atoms with van der Waals surface area (Å²) in [6.45, 7) is 0. The minimum absolute atomic E-state index is 0.178. The second-order valence-corrected chi connectivity index (χ2v) is 3.37. The molecule has 0 aliphatic rings. The van der Waals surface area contributed by atoms with Crippen molar-refractivity contribution in [3.8, 4) is 17.1 Å². The van der Waals surface area contributed by atoms with Crippen LogP contribution in [0.25, 0.3) is 11.3 Å². The second kappa shape index (κ2) is 4.53. The van der Waals surface area contributed by atoms with Gasteiger partial charge in [0.25, 0.3) is 0 Å². The summed E-state index contributed by atoms with van der Waals surface area (Å²) in [5, 5.41) is 0. The molecule has 0 fully saturated rings. The molecule has 0 amide bonds. The van der Waals surface area contributed by atoms with Crippen molar-refractivity contribution in [1.82, 2.24) is 4.98 Å². The van der Waals surface area contributed by atoms with Gasteiger partial charge in [-0.2, -0.15) is 0 Å². The average Bonchev–Trinajstić information content (AvgIpc) is 2.76. The Balaban J connectivity index is 2.48. The average molecular weight is 242 g/mol. The summed E-state index contributed by atoms with van der Waals surface area (Å²) in [5.74, 6) is 0.558. The van der Waals surface area contributed by atoms with Gasteiger partial charge in [-0.3, -0.25) is 0 Å². The molecule has 84 valence electrons. The summed E-state index contributed by atoms with van der Waals surface area (Å²) in [6.07, 6.45) is 1.25. The van der Waals surface area contributed by atoms with Gasteiger partial charge in [0.15, 0.2) is 12.2 Å². The van der Waals surface area contributed by atoms with Crippen LogP contribution in [-0.4, -0.2) is 12.1 Å². The molecule has 0 aliphatic carbocycles. The molecule has 3 nitrogen and oxygen atoms in total. The lowest BCUT2D eigenvalue weighted by Gasteiger charge is -2.03. The van der Waals surface area contributed by atoms with Crippen molar-refractivity contribution in [2.45, 2.75) is 5.88 Å². The van der Waals surface area contributed by atoms with Gasteiger partial charge in [-0.15, -0.1) is 11.6 Å². The fourth-order valence-electron chi connectivity index (χ4n) is 1.39. The summed E-state index contributed by atoms with van der Waals surface area (Å²) in [5.41, 5.74) is 0.847. The van der Waals surface area contributed by atoms with Gasteiger partial charge in [0.05, 0.1) is 18.6 Å². The van der Waals surface area contributed by atoms with E-state index in [0.29, 0.717) is 22.8 Å². The Morgan fingerprint density at radius 3 is 2.94 bits per heavy atom. The van der Waals surface area contributed by atoms with E-state index in [4.69, 9.17) is 20.8 Å². The number of rotatable bonds is 3. The van der Waals surface area contributed by atoms with Crippen molar-refractivity contribution < 1.29 is 13.5 Å². The van der Waals surface area contributed by atoms with Crippen molar-refractivity contribution in [2.75, 3.05) is 7.11 Å². The first-order valence-corrected chi connectivity index (χ1v) is 5.12. The molecule has 1 aromatic carbocycles. The Hall–Kier alpha value is -1.55. The van der Waals surface area contributed by atoms with Gasteiger partial charge in [-0.05, 0) is 12.1 Å². The number of benzene rings is 1. The molecular formula is C11H9ClFNO2. The first-order valence-electron chi connectivity index (χ1n) is 4.58. The fraction of sp³-hybridized carbons (Fsp3) is 0.182. The van der Waals surface area contributed by atoms with Gasteiger partial charge >= 0.3 is 0 Å². The van der Waals surface area contributed by atoms with Gasteiger partial charge in [-0.25, -0.2) is 9.37 Å². The van der Waals surface area contributed by atoms with E-state index in [9.17, 15) is 4.39 Å². The third kappa shape index (κ3) is 1.88. The van der Waals surface area contributed by atoms with Gasteiger partial charge < -0.3 is 9.15 Å². The molecule has 0 atom stereocenters. The summed E-state index contributed by atoms with van der Waals surface area (Å²) in [4.78, 5) is 3.90. The number of halogens is 2. The van der Waals surface area contributed by atoms with E-state index in [-0.39, 0.29) is 5.88 Å². The number of hydrogen-bond acceptors (Lipinski definition) is 3. The van der Waals surface area contributed by atoms with Crippen LogP contribution in [0.2, 0.25) is 0 Å². The molecule has 0 unspecified atom stereocenters. The maximum absolute atomic E-state index is 13.7. The highest BCUT2D eigenvalue weighted by atomic mass is 35.5. The summed E-state index contributed by atoms with van der Waals surface area (Å²) >= 11 is 5.66. The van der Waals surface area contributed by atoms with Crippen LogP contribution >= 0.6 is 11.6 Å². The number of ether oxygens (including phenoxy) is 1. The Morgan fingerprint density at radius 2 is 2.31 bits per heavy atom. The number of methoxy groups -OCH3 is 1. The Bertz CT molecular complexity index is 498. The summed E-state index contributed by atoms with van der Waals surface area (Å²) in [6, 6.07) is 4.51. The first kappa shape index (κ1) is 11.0. The minimum Gasteiger partial charge on any atom is -0.497 e. The summed E-state index contributed by atoms with van der Waals surface area (Å²) < 4.78 is 23.7. The molecule has 16 heavy (non-hydrogen) atoms. The molecule has 1 heterocycles. The molecule has 0 spiro atoms. The van der Waals surface area contributed by atoms with Crippen LogP contribution in [0, 0.1) is 5.82 Å². The van der Waals surface area contributed by atoms with E-state index in [1.54, 1.807) is 12.1 Å². The predicted molar refractivity (Wildman–Crippen MR) is 58.0 cm³/mol. The SMILES string of the molecule is COc1ccc(-c2ocnc2CCl)c(F)c1. The molecule has 2 aromatic rings. The van der Waals surface area contributed by atoms with Crippen LogP contribution in [0.1, 0.15) is 5.69 Å². The van der Waals surface area contributed by atoms with Crippen molar-refractivity contribution in [2.24, 2.45) is 0 Å². The molecule has 2 rings (SSSR count). The maximum Gasteiger partial charge on any atom is 0.181 e. The van der Waals surface area contributed by atoms with E-state index in [0.717, 1.165) is 0 Å². The highest BCUT2D eigenvalue weighted by molar-refractivity contribution is 6.17. The minimum atomic E-state index is -0.428. The zero-order chi connectivity index (χ0) is 11.5. The third-order valence-corrected chi connectivity index (χ3v) is 2.44. The topological polar surface area (TPSA) is 35.3 Å². The van der Waals surface area contributed by atoms with Crippen LogP contribution < -0.4 is 4.74 Å². The quantitative estimate of drug-likeness (QED) is 0.774. The lowest BCUT2D eigenvalue weighted by Crippen LogP contribution is -1.89. The zero-order valence-corrected chi connectivity index (χ0v) is 9.29. The molecule has 0 N–H and O–H groups in total. The van der Waals surface area contributed by atoms with E-state index in [1.807, 2.05) is 0 Å². The van der Waals surface area contributed by atoms with E-state index in [2.05, 4.69) is 4.98 Å². The lowest BCUT2D eigenvalue weighted by molar-refractivity contribution is 0.411. The van der Waals surface area contributed by atoms with Gasteiger partial charge in [0.2, 0.25) is 0 Å². The second-order valence-electron chi connectivity index (χ2n) is 3.11. The van der Waals surface area contributed by atoms with Crippen molar-refractivity contribution in [3.05, 3.63) is 36.1 Å². The van der Waals surface area contributed by atoms with Gasteiger partial charge in [-0.1, -0.05) is 0 Å². The van der Waals surface area contributed by atoms with Crippen molar-refractivity contribution in [3.63, 3.8) is 0 Å². The number of nitrogens with zero attached hydrogens (tertiary/aromatic N) is 1. The molecule has 5 heteroatoms. The van der Waals surface area contributed by atoms with E-state index >= 15 is 0 Å². The molecule has 0 bridgehead atoms. The standard InChI is InChI=1S/C11H9ClFNO2/c1-15-7-2-3-8(9(13)4-7)11-10(5-12)14-6-16-11/h2-4,6H,5H2,1H3. The van der Waals surface area contributed by atoms with Gasteiger partial charge in [0.1, 0.15) is 17.3 Å². The number of oxazole rings is 1. The van der Waals surface area contributed by atoms with E-state index < -0.39 is 5.82 Å². The summed E-state index contributed by atoms with van der Waals surface area (Å²) in [7, 11) is 1.48. The Labute approximate surface area is 96.8 Å². The molecule has 0 radical (unpaired) electrons. The zero-order valence-electron chi connectivity index (χ0n) is 8.54. The van der Waals surface area contributed by atoms with Crippen LogP contribution in [0.4, 0.5) is 4.39 Å². The largest absolute Gasteiger partial charge is 0.497 e. The normalized spacial score (nSPS) is 10.4. The Kier molecular flexibility index (Phi) is 3.10. The molecular weight excluding hydrogens is 233 g/mol. The van der Waals surface area contributed by atoms with Crippen LogP contribution in [0.5, 0.6) is 5.75 Å². The third-order valence-electron chi connectivity index (χ3n) is 2.19. The Morgan fingerprint density at radius 1 is 1.50 bits per heavy atom. The highest BCUT2D eigenvalue weighted by Gasteiger charge is 2.14. The predicted octanol–water partition coefficient (Wildman–Crippen LogP) is 3.23. The van der Waals surface area contributed by atoms with Crippen LogP contribution in [0.15, 0.2) is 29.0 Å². The van der Waals surface area contributed by atoms with Crippen molar-refractivity contribution in [1.29, 1.82) is 0 Å². The van der Waals surface area contributed by atoms with Crippen molar-refractivity contribution >= 4 is 11.6 Å². The monoisotopic (exact) mass is 241 g/mol. The maximum atomic E-state index is 13.7. The van der Waals surface area contributed by atoms with E-state index in [1.165, 1.54) is 19.6 Å². The highest BCUT2D eigenvalue weighted by Crippen LogP contribution is 2.29. The van der Waals surface area contributed by atoms with Gasteiger partial charge in [0, 0.05) is 6.07 Å². The first-order chi connectivity index (χ1) is 7.76. The molecule has 0 saturated carbocycles. The number of aromatic nitrogens is 1. The molecule has 0 saturated heterocycles. The number of alkyl halides is 1. The molecule has 0 aliphatic heterocycles. The lowest BCUT2D eigenvalue weighted by atomic mass is 10.1.